The number of anilines is 1. The summed E-state index contributed by atoms with van der Waals surface area (Å²) in [5.74, 6) is -0.240. The van der Waals surface area contributed by atoms with Crippen LogP contribution >= 0.6 is 23.2 Å². The van der Waals surface area contributed by atoms with Gasteiger partial charge in [-0.1, -0.05) is 41.4 Å². The molecule has 1 fully saturated rings. The van der Waals surface area contributed by atoms with Gasteiger partial charge in [-0.25, -0.2) is 9.18 Å². The SMILES string of the molecule is O=C(NCCc1ccccc1F)N1CCN(c2cc(Cl)cc(Cl)c2)CC1. The molecule has 0 spiro atoms. The fraction of sp³-hybridized carbons (Fsp3) is 0.316. The number of rotatable bonds is 4. The second-order valence-electron chi connectivity index (χ2n) is 6.18. The van der Waals surface area contributed by atoms with Crippen LogP contribution in [0, 0.1) is 5.82 Å². The van der Waals surface area contributed by atoms with Crippen molar-refractivity contribution in [1.82, 2.24) is 10.2 Å². The minimum atomic E-state index is -0.240. The molecule has 0 radical (unpaired) electrons. The first-order valence-electron chi connectivity index (χ1n) is 8.50. The highest BCUT2D eigenvalue weighted by molar-refractivity contribution is 6.35. The second kappa shape index (κ2) is 8.60. The van der Waals surface area contributed by atoms with Crippen molar-refractivity contribution >= 4 is 34.9 Å². The van der Waals surface area contributed by atoms with Crippen LogP contribution in [0.2, 0.25) is 10.0 Å². The number of amides is 2. The van der Waals surface area contributed by atoms with Gasteiger partial charge in [-0.3, -0.25) is 0 Å². The van der Waals surface area contributed by atoms with Crippen LogP contribution in [0.15, 0.2) is 42.5 Å². The number of carbonyl (C=O) groups excluding carboxylic acids is 1. The molecular formula is C19H20Cl2FN3O. The van der Waals surface area contributed by atoms with Gasteiger partial charge >= 0.3 is 6.03 Å². The number of benzene rings is 2. The predicted octanol–water partition coefficient (Wildman–Crippen LogP) is 4.21. The van der Waals surface area contributed by atoms with E-state index in [0.29, 0.717) is 54.8 Å². The summed E-state index contributed by atoms with van der Waals surface area (Å²) in [6, 6.07) is 11.9. The van der Waals surface area contributed by atoms with E-state index in [4.69, 9.17) is 23.2 Å². The third-order valence-electron chi connectivity index (χ3n) is 4.41. The van der Waals surface area contributed by atoms with Gasteiger partial charge in [0.25, 0.3) is 0 Å². The van der Waals surface area contributed by atoms with E-state index in [1.807, 2.05) is 12.1 Å². The normalized spacial score (nSPS) is 14.4. The molecule has 2 aromatic carbocycles. The Labute approximate surface area is 162 Å². The van der Waals surface area contributed by atoms with Gasteiger partial charge in [0.2, 0.25) is 0 Å². The van der Waals surface area contributed by atoms with Crippen LogP contribution in [0.4, 0.5) is 14.9 Å². The minimum Gasteiger partial charge on any atom is -0.368 e. The molecule has 0 unspecified atom stereocenters. The molecule has 2 amide bonds. The topological polar surface area (TPSA) is 35.6 Å². The van der Waals surface area contributed by atoms with E-state index >= 15 is 0 Å². The highest BCUT2D eigenvalue weighted by Crippen LogP contribution is 2.26. The lowest BCUT2D eigenvalue weighted by Gasteiger charge is -2.36. The number of piperazine rings is 1. The summed E-state index contributed by atoms with van der Waals surface area (Å²) in [7, 11) is 0. The zero-order chi connectivity index (χ0) is 18.5. The van der Waals surface area contributed by atoms with Crippen molar-refractivity contribution in [2.75, 3.05) is 37.6 Å². The Hall–Kier alpha value is -1.98. The lowest BCUT2D eigenvalue weighted by Crippen LogP contribution is -2.52. The number of hydrogen-bond donors (Lipinski definition) is 1. The first-order valence-corrected chi connectivity index (χ1v) is 9.26. The lowest BCUT2D eigenvalue weighted by atomic mass is 10.1. The largest absolute Gasteiger partial charge is 0.368 e. The fourth-order valence-electron chi connectivity index (χ4n) is 3.01. The average molecular weight is 396 g/mol. The zero-order valence-corrected chi connectivity index (χ0v) is 15.7. The highest BCUT2D eigenvalue weighted by atomic mass is 35.5. The van der Waals surface area contributed by atoms with Gasteiger partial charge in [0.15, 0.2) is 0 Å². The molecule has 4 nitrogen and oxygen atoms in total. The van der Waals surface area contributed by atoms with Gasteiger partial charge in [-0.05, 0) is 36.2 Å². The van der Waals surface area contributed by atoms with Gasteiger partial charge < -0.3 is 15.1 Å². The van der Waals surface area contributed by atoms with Crippen LogP contribution in [-0.4, -0.2) is 43.7 Å². The molecule has 0 bridgehead atoms. The average Bonchev–Trinajstić information content (AvgIpc) is 2.62. The molecule has 0 aromatic heterocycles. The number of halogens is 3. The molecule has 1 N–H and O–H groups in total. The third kappa shape index (κ3) is 4.80. The quantitative estimate of drug-likeness (QED) is 0.841. The Bertz CT molecular complexity index is 759. The summed E-state index contributed by atoms with van der Waals surface area (Å²) in [6.45, 7) is 3.03. The molecule has 1 saturated heterocycles. The van der Waals surface area contributed by atoms with E-state index in [2.05, 4.69) is 10.2 Å². The number of nitrogens with one attached hydrogen (secondary N) is 1. The van der Waals surface area contributed by atoms with Crippen LogP contribution in [0.3, 0.4) is 0 Å². The van der Waals surface area contributed by atoms with Crippen molar-refractivity contribution in [3.05, 3.63) is 63.9 Å². The van der Waals surface area contributed by atoms with E-state index in [0.717, 1.165) is 5.69 Å². The van der Waals surface area contributed by atoms with E-state index in [1.54, 1.807) is 29.2 Å². The van der Waals surface area contributed by atoms with Crippen LogP contribution < -0.4 is 10.2 Å². The summed E-state index contributed by atoms with van der Waals surface area (Å²) in [5.41, 5.74) is 1.57. The molecule has 3 rings (SSSR count). The molecule has 1 aliphatic heterocycles. The summed E-state index contributed by atoms with van der Waals surface area (Å²) in [5, 5.41) is 4.06. The van der Waals surface area contributed by atoms with Crippen molar-refractivity contribution in [1.29, 1.82) is 0 Å². The summed E-state index contributed by atoms with van der Waals surface area (Å²) >= 11 is 12.1. The smallest absolute Gasteiger partial charge is 0.317 e. The van der Waals surface area contributed by atoms with Gasteiger partial charge in [-0.15, -0.1) is 0 Å². The molecule has 7 heteroatoms. The maximum absolute atomic E-state index is 13.6. The van der Waals surface area contributed by atoms with Crippen molar-refractivity contribution in [3.63, 3.8) is 0 Å². The molecule has 0 aliphatic carbocycles. The Kier molecular flexibility index (Phi) is 6.22. The Morgan fingerprint density at radius 1 is 1.04 bits per heavy atom. The first-order chi connectivity index (χ1) is 12.5. The summed E-state index contributed by atoms with van der Waals surface area (Å²) < 4.78 is 13.6. The van der Waals surface area contributed by atoms with Crippen molar-refractivity contribution < 1.29 is 9.18 Å². The van der Waals surface area contributed by atoms with Gasteiger partial charge in [0.1, 0.15) is 5.82 Å². The molecule has 1 aliphatic rings. The molecule has 0 atom stereocenters. The maximum Gasteiger partial charge on any atom is 0.317 e. The monoisotopic (exact) mass is 395 g/mol. The standard InChI is InChI=1S/C19H20Cl2FN3O/c20-15-11-16(21)13-17(12-15)24-7-9-25(10-8-24)19(26)23-6-5-14-3-1-2-4-18(14)22/h1-4,11-13H,5-10H2,(H,23,26). The first kappa shape index (κ1) is 18.8. The molecule has 2 aromatic rings. The molecule has 0 saturated carbocycles. The maximum atomic E-state index is 13.6. The van der Waals surface area contributed by atoms with Crippen LogP contribution in [0.1, 0.15) is 5.56 Å². The van der Waals surface area contributed by atoms with Crippen molar-refractivity contribution in [2.45, 2.75) is 6.42 Å². The molecule has 26 heavy (non-hydrogen) atoms. The van der Waals surface area contributed by atoms with E-state index < -0.39 is 0 Å². The van der Waals surface area contributed by atoms with Crippen LogP contribution in [0.5, 0.6) is 0 Å². The molecule has 1 heterocycles. The van der Waals surface area contributed by atoms with E-state index in [1.165, 1.54) is 6.07 Å². The minimum absolute atomic E-state index is 0.120. The molecular weight excluding hydrogens is 376 g/mol. The lowest BCUT2D eigenvalue weighted by molar-refractivity contribution is 0.194. The summed E-state index contributed by atoms with van der Waals surface area (Å²) in [6.07, 6.45) is 0.472. The highest BCUT2D eigenvalue weighted by Gasteiger charge is 2.21. The predicted molar refractivity (Wildman–Crippen MR) is 104 cm³/mol. The Morgan fingerprint density at radius 3 is 2.35 bits per heavy atom. The third-order valence-corrected chi connectivity index (χ3v) is 4.84. The molecule has 138 valence electrons. The number of nitrogens with zero attached hydrogens (tertiary/aromatic N) is 2. The second-order valence-corrected chi connectivity index (χ2v) is 7.05. The van der Waals surface area contributed by atoms with Crippen molar-refractivity contribution in [3.8, 4) is 0 Å². The van der Waals surface area contributed by atoms with Crippen LogP contribution in [-0.2, 0) is 6.42 Å². The van der Waals surface area contributed by atoms with E-state index in [-0.39, 0.29) is 11.8 Å². The van der Waals surface area contributed by atoms with Gasteiger partial charge in [-0.2, -0.15) is 0 Å². The fourth-order valence-corrected chi connectivity index (χ4v) is 3.52. The number of carbonyl (C=O) groups is 1. The summed E-state index contributed by atoms with van der Waals surface area (Å²) in [4.78, 5) is 16.2. The van der Waals surface area contributed by atoms with Gasteiger partial charge in [0, 0.05) is 48.5 Å². The van der Waals surface area contributed by atoms with Crippen LogP contribution in [0.25, 0.3) is 0 Å². The van der Waals surface area contributed by atoms with E-state index in [9.17, 15) is 9.18 Å². The zero-order valence-electron chi connectivity index (χ0n) is 14.2. The van der Waals surface area contributed by atoms with Crippen molar-refractivity contribution in [2.24, 2.45) is 0 Å². The number of urea groups is 1. The Balaban J connectivity index is 1.47. The number of hydrogen-bond acceptors (Lipinski definition) is 2. The Morgan fingerprint density at radius 2 is 1.69 bits per heavy atom. The van der Waals surface area contributed by atoms with Gasteiger partial charge in [0.05, 0.1) is 0 Å².